The SMILES string of the molecule is [2H]C1=C(SC([2H])([2H])c2cccc(F)c2F)N(CC(=O)N(Cc2ccc(-c3ccc(C(F)(F)F)cc3)cc2)C2CCN(CC([2H])([2H])OC)CC2)c2c([2H])c([2H])c(C)c([2H])c2C1O. The zero-order chi connectivity index (χ0) is 44.8. The Hall–Kier alpha value is -4.23. The Kier molecular flexibility index (Phi) is 9.27. The molecule has 1 saturated heterocycles. The van der Waals surface area contributed by atoms with Crippen LogP contribution in [0.2, 0.25) is 0 Å². The lowest BCUT2D eigenvalue weighted by molar-refractivity contribution is -0.137. The maximum atomic E-state index is 15.1. The lowest BCUT2D eigenvalue weighted by Gasteiger charge is -2.40. The first-order chi connectivity index (χ1) is 28.5. The lowest BCUT2D eigenvalue weighted by Crippen LogP contribution is -2.50. The maximum absolute atomic E-state index is 15.1. The number of amides is 1. The number of piperidine rings is 1. The number of aliphatic hydroxyl groups excluding tert-OH is 1. The van der Waals surface area contributed by atoms with Crippen LogP contribution in [0.5, 0.6) is 0 Å². The van der Waals surface area contributed by atoms with Crippen LogP contribution in [0.1, 0.15) is 57.7 Å². The van der Waals surface area contributed by atoms with Crippen LogP contribution in [0.4, 0.5) is 27.6 Å². The van der Waals surface area contributed by atoms with Gasteiger partial charge in [-0.3, -0.25) is 4.79 Å². The average molecular weight is 760 g/mol. The lowest BCUT2D eigenvalue weighted by atomic mass is 9.99. The number of anilines is 1. The van der Waals surface area contributed by atoms with E-state index in [9.17, 15) is 27.5 Å². The number of fused-ring (bicyclic) bond motifs is 1. The van der Waals surface area contributed by atoms with Crippen LogP contribution >= 0.6 is 11.8 Å². The number of alkyl halides is 3. The average Bonchev–Trinajstić information content (AvgIpc) is 3.22. The van der Waals surface area contributed by atoms with E-state index in [4.69, 9.17) is 15.7 Å². The summed E-state index contributed by atoms with van der Waals surface area (Å²) in [7, 11) is 1.26. The van der Waals surface area contributed by atoms with E-state index >= 15 is 4.39 Å². The van der Waals surface area contributed by atoms with Gasteiger partial charge in [-0.25, -0.2) is 8.78 Å². The molecule has 1 atom stereocenters. The molecule has 1 fully saturated rings. The second-order valence-electron chi connectivity index (χ2n) is 12.7. The highest BCUT2D eigenvalue weighted by molar-refractivity contribution is 8.02. The first kappa shape index (κ1) is 29.2. The minimum absolute atomic E-state index is 0.0149. The van der Waals surface area contributed by atoms with Gasteiger partial charge in [-0.15, -0.1) is 11.8 Å². The first-order valence-electron chi connectivity index (χ1n) is 20.8. The first-order valence-corrected chi connectivity index (χ1v) is 17.6. The van der Waals surface area contributed by atoms with Gasteiger partial charge in [0.1, 0.15) is 12.6 Å². The summed E-state index contributed by atoms with van der Waals surface area (Å²) in [6.07, 6.45) is -5.69. The number of carbonyl (C=O) groups excluding carboxylic acids is 1. The number of benzene rings is 4. The molecule has 0 spiro atoms. The molecule has 6 rings (SSSR count). The van der Waals surface area contributed by atoms with Crippen molar-refractivity contribution < 1.29 is 47.6 Å². The molecule has 4 aromatic rings. The molecular weight excluding hydrogens is 710 g/mol. The van der Waals surface area contributed by atoms with Gasteiger partial charge in [-0.05, 0) is 66.7 Å². The number of hydrogen-bond donors (Lipinski definition) is 1. The number of ether oxygens (including phenoxy) is 1. The van der Waals surface area contributed by atoms with Crippen molar-refractivity contribution in [1.82, 2.24) is 9.80 Å². The molecule has 4 aromatic carbocycles. The molecule has 1 amide bonds. The van der Waals surface area contributed by atoms with Crippen LogP contribution in [-0.4, -0.2) is 66.7 Å². The van der Waals surface area contributed by atoms with Crippen molar-refractivity contribution in [2.24, 2.45) is 0 Å². The summed E-state index contributed by atoms with van der Waals surface area (Å²) >= 11 is 0.201. The summed E-state index contributed by atoms with van der Waals surface area (Å²) in [5.74, 6) is -3.45. The van der Waals surface area contributed by atoms with Crippen molar-refractivity contribution in [3.63, 3.8) is 0 Å². The van der Waals surface area contributed by atoms with Gasteiger partial charge in [0.2, 0.25) is 5.91 Å². The summed E-state index contributed by atoms with van der Waals surface area (Å²) in [4.78, 5) is 19.3. The molecule has 1 unspecified atom stereocenters. The highest BCUT2D eigenvalue weighted by Crippen LogP contribution is 2.41. The highest BCUT2D eigenvalue weighted by atomic mass is 32.2. The fourth-order valence-corrected chi connectivity index (χ4v) is 7.06. The van der Waals surface area contributed by atoms with E-state index in [1.807, 2.05) is 4.90 Å². The molecule has 12 heteroatoms. The monoisotopic (exact) mass is 759 g/mol. The number of halogens is 5. The third-order valence-electron chi connectivity index (χ3n) is 9.10. The summed E-state index contributed by atoms with van der Waals surface area (Å²) in [6, 6.07) is 11.9. The zero-order valence-electron chi connectivity index (χ0n) is 36.9. The molecule has 6 nitrogen and oxygen atoms in total. The summed E-state index contributed by atoms with van der Waals surface area (Å²) < 4.78 is 143. The van der Waals surface area contributed by atoms with Crippen LogP contribution < -0.4 is 4.90 Å². The Morgan fingerprint density at radius 2 is 1.72 bits per heavy atom. The van der Waals surface area contributed by atoms with Crippen molar-refractivity contribution in [3.05, 3.63) is 135 Å². The van der Waals surface area contributed by atoms with Crippen molar-refractivity contribution in [2.45, 2.75) is 50.3 Å². The largest absolute Gasteiger partial charge is 0.416 e. The predicted octanol–water partition coefficient (Wildman–Crippen LogP) is 8.73. The number of methoxy groups -OCH3 is 1. The number of aliphatic hydroxyl groups is 1. The van der Waals surface area contributed by atoms with Gasteiger partial charge in [0.05, 0.1) is 25.4 Å². The number of carbonyl (C=O) groups is 1. The molecule has 2 heterocycles. The Bertz CT molecular complexity index is 2310. The van der Waals surface area contributed by atoms with E-state index < -0.39 is 89.0 Å². The molecule has 2 aliphatic rings. The topological polar surface area (TPSA) is 56.3 Å². The minimum atomic E-state index is -4.50. The fraction of sp³-hybridized carbons (Fsp3) is 0.341. The van der Waals surface area contributed by atoms with Crippen molar-refractivity contribution >= 4 is 23.4 Å². The zero-order valence-corrected chi connectivity index (χ0v) is 29.7. The molecule has 280 valence electrons. The Balaban J connectivity index is 1.38. The second kappa shape index (κ2) is 16.8. The molecular formula is C41H42F5N3O3S. The van der Waals surface area contributed by atoms with E-state index in [0.717, 1.165) is 35.2 Å². The Labute approximate surface area is 322 Å². The van der Waals surface area contributed by atoms with Gasteiger partial charge in [0.25, 0.3) is 0 Å². The highest BCUT2D eigenvalue weighted by Gasteiger charge is 2.33. The third kappa shape index (κ3) is 9.29. The van der Waals surface area contributed by atoms with Crippen molar-refractivity contribution in [1.29, 1.82) is 0 Å². The molecule has 1 N–H and O–H groups in total. The quantitative estimate of drug-likeness (QED) is 0.146. The summed E-state index contributed by atoms with van der Waals surface area (Å²) in [5, 5.41) is 11.0. The Morgan fingerprint density at radius 1 is 1.04 bits per heavy atom. The van der Waals surface area contributed by atoms with E-state index in [2.05, 4.69) is 0 Å². The fourth-order valence-electron chi connectivity index (χ4n) is 6.26. The van der Waals surface area contributed by atoms with Gasteiger partial charge in [-0.2, -0.15) is 13.2 Å². The summed E-state index contributed by atoms with van der Waals surface area (Å²) in [6.45, 7) is -0.592. The van der Waals surface area contributed by atoms with E-state index in [1.54, 1.807) is 24.3 Å². The molecule has 53 heavy (non-hydrogen) atoms. The van der Waals surface area contributed by atoms with Crippen LogP contribution in [0.25, 0.3) is 11.1 Å². The van der Waals surface area contributed by atoms with Crippen LogP contribution in [0.3, 0.4) is 0 Å². The minimum Gasteiger partial charge on any atom is -0.384 e. The Morgan fingerprint density at radius 3 is 2.38 bits per heavy atom. The van der Waals surface area contributed by atoms with Gasteiger partial charge in [-0.1, -0.05) is 66.2 Å². The van der Waals surface area contributed by atoms with Gasteiger partial charge >= 0.3 is 6.18 Å². The van der Waals surface area contributed by atoms with Gasteiger partial charge < -0.3 is 24.5 Å². The van der Waals surface area contributed by atoms with Crippen molar-refractivity contribution in [3.8, 4) is 11.1 Å². The number of thioether (sulfide) groups is 1. The second-order valence-corrected chi connectivity index (χ2v) is 13.5. The van der Waals surface area contributed by atoms with Crippen LogP contribution in [-0.2, 0) is 28.0 Å². The smallest absolute Gasteiger partial charge is 0.384 e. The van der Waals surface area contributed by atoms with Gasteiger partial charge in [0, 0.05) is 64.6 Å². The number of rotatable bonds is 12. The van der Waals surface area contributed by atoms with Crippen LogP contribution in [0.15, 0.2) is 95.9 Å². The normalized spacial score (nSPS) is 19.6. The number of likely N-dealkylation sites (tertiary alicyclic amines) is 1. The summed E-state index contributed by atoms with van der Waals surface area (Å²) in [5.41, 5.74) is -3.15. The van der Waals surface area contributed by atoms with E-state index in [0.29, 0.717) is 42.6 Å². The molecule has 0 aromatic heterocycles. The molecule has 2 aliphatic heterocycles. The van der Waals surface area contributed by atoms with E-state index in [1.165, 1.54) is 31.1 Å². The molecule has 0 saturated carbocycles. The third-order valence-corrected chi connectivity index (χ3v) is 9.95. The molecule has 0 bridgehead atoms. The predicted molar refractivity (Wildman–Crippen MR) is 198 cm³/mol. The maximum Gasteiger partial charge on any atom is 0.416 e. The number of hydrogen-bond acceptors (Lipinski definition) is 6. The van der Waals surface area contributed by atoms with Crippen LogP contribution in [0, 0.1) is 18.6 Å². The molecule has 0 radical (unpaired) electrons. The van der Waals surface area contributed by atoms with Crippen molar-refractivity contribution in [2.75, 3.05) is 44.7 Å². The number of nitrogens with zero attached hydrogens (tertiary/aromatic N) is 3. The van der Waals surface area contributed by atoms with E-state index in [-0.39, 0.29) is 47.7 Å². The van der Waals surface area contributed by atoms with Gasteiger partial charge in [0.15, 0.2) is 11.6 Å². The standard InChI is InChI=1S/C41H42F5N3O3S/c1-27-6-15-36-34(22-27)37(50)23-39(53-26-31-4-3-5-35(42)40(31)43)49(36)25-38(51)48(33-16-18-47(19-17-33)20-21-52-2)24-28-7-9-29(10-8-28)30-11-13-32(14-12-30)41(44,45)46/h3-15,22-23,33,37,50H,16-21,24-26H2,1-2H3/i6D,15D,21D2,22D,23D,26D2. The molecule has 0 aliphatic carbocycles.